The Morgan fingerprint density at radius 1 is 1.00 bits per heavy atom. The number of fused-ring (bicyclic) bond motifs is 1. The highest BCUT2D eigenvalue weighted by Crippen LogP contribution is 2.39. The van der Waals surface area contributed by atoms with E-state index >= 15 is 0 Å². The zero-order valence-electron chi connectivity index (χ0n) is 14.8. The number of ketones is 1. The molecule has 0 unspecified atom stereocenters. The third-order valence-corrected chi connectivity index (χ3v) is 5.66. The molecular formula is C22H21BrN2O. The summed E-state index contributed by atoms with van der Waals surface area (Å²) < 4.78 is 0.959. The second-order valence-corrected chi connectivity index (χ2v) is 7.65. The number of rotatable bonds is 3. The summed E-state index contributed by atoms with van der Waals surface area (Å²) in [6.45, 7) is 3.57. The van der Waals surface area contributed by atoms with Gasteiger partial charge in [0.15, 0.2) is 5.78 Å². The maximum Gasteiger partial charge on any atom is 0.164 e. The van der Waals surface area contributed by atoms with E-state index < -0.39 is 0 Å². The molecule has 0 saturated carbocycles. The van der Waals surface area contributed by atoms with E-state index in [1.54, 1.807) is 6.92 Å². The van der Waals surface area contributed by atoms with Gasteiger partial charge < -0.3 is 4.90 Å². The molecule has 3 aromatic rings. The van der Waals surface area contributed by atoms with Crippen molar-refractivity contribution in [2.45, 2.75) is 26.2 Å². The number of carbonyl (C=O) groups is 1. The van der Waals surface area contributed by atoms with Crippen molar-refractivity contribution in [2.75, 3.05) is 18.0 Å². The molecule has 26 heavy (non-hydrogen) atoms. The highest BCUT2D eigenvalue weighted by molar-refractivity contribution is 9.10. The molecule has 4 heteroatoms. The molecule has 0 amide bonds. The Morgan fingerprint density at radius 2 is 1.73 bits per heavy atom. The van der Waals surface area contributed by atoms with Crippen LogP contribution in [0.15, 0.2) is 53.0 Å². The van der Waals surface area contributed by atoms with Crippen LogP contribution in [0.5, 0.6) is 0 Å². The van der Waals surface area contributed by atoms with E-state index in [1.807, 2.05) is 30.3 Å². The summed E-state index contributed by atoms with van der Waals surface area (Å²) in [5, 5.41) is 1.01. The van der Waals surface area contributed by atoms with Crippen molar-refractivity contribution < 1.29 is 4.79 Å². The van der Waals surface area contributed by atoms with Crippen molar-refractivity contribution in [3.8, 4) is 11.1 Å². The molecular weight excluding hydrogens is 388 g/mol. The molecule has 2 heterocycles. The van der Waals surface area contributed by atoms with Crippen molar-refractivity contribution in [1.82, 2.24) is 4.98 Å². The van der Waals surface area contributed by atoms with Gasteiger partial charge in [-0.05, 0) is 53.7 Å². The average Bonchev–Trinajstić information content (AvgIpc) is 2.68. The van der Waals surface area contributed by atoms with Gasteiger partial charge in [-0.2, -0.15) is 0 Å². The first-order valence-electron chi connectivity index (χ1n) is 9.10. The lowest BCUT2D eigenvalue weighted by Gasteiger charge is -2.30. The van der Waals surface area contributed by atoms with Crippen LogP contribution in [0, 0.1) is 0 Å². The van der Waals surface area contributed by atoms with E-state index in [2.05, 4.69) is 39.0 Å². The lowest BCUT2D eigenvalue weighted by Crippen LogP contribution is -2.31. The van der Waals surface area contributed by atoms with Crippen LogP contribution in [-0.2, 0) is 0 Å². The molecule has 2 aromatic carbocycles. The molecule has 4 rings (SSSR count). The minimum atomic E-state index is 0.0683. The van der Waals surface area contributed by atoms with Crippen LogP contribution in [-0.4, -0.2) is 23.9 Å². The van der Waals surface area contributed by atoms with E-state index in [4.69, 9.17) is 4.98 Å². The van der Waals surface area contributed by atoms with Gasteiger partial charge in [0.1, 0.15) is 5.82 Å². The van der Waals surface area contributed by atoms with Crippen LogP contribution in [0.2, 0.25) is 0 Å². The van der Waals surface area contributed by atoms with Crippen molar-refractivity contribution in [3.05, 3.63) is 58.6 Å². The van der Waals surface area contributed by atoms with Crippen molar-refractivity contribution in [2.24, 2.45) is 0 Å². The first-order valence-corrected chi connectivity index (χ1v) is 9.89. The maximum absolute atomic E-state index is 12.8. The Hall–Kier alpha value is -2.20. The van der Waals surface area contributed by atoms with Crippen molar-refractivity contribution >= 4 is 38.4 Å². The van der Waals surface area contributed by atoms with Gasteiger partial charge in [0, 0.05) is 28.5 Å². The Labute approximate surface area is 162 Å². The summed E-state index contributed by atoms with van der Waals surface area (Å²) in [6, 6.07) is 16.3. The molecule has 1 aliphatic rings. The number of carbonyl (C=O) groups excluding carboxylic acids is 1. The van der Waals surface area contributed by atoms with Gasteiger partial charge in [0.05, 0.1) is 11.1 Å². The fourth-order valence-electron chi connectivity index (χ4n) is 3.81. The molecule has 1 aliphatic heterocycles. The first kappa shape index (κ1) is 17.2. The van der Waals surface area contributed by atoms with Crippen LogP contribution < -0.4 is 4.90 Å². The van der Waals surface area contributed by atoms with E-state index in [0.717, 1.165) is 63.8 Å². The number of piperidine rings is 1. The summed E-state index contributed by atoms with van der Waals surface area (Å²) in [4.78, 5) is 20.0. The van der Waals surface area contributed by atoms with E-state index in [1.165, 1.54) is 6.42 Å². The zero-order chi connectivity index (χ0) is 18.1. The van der Waals surface area contributed by atoms with Gasteiger partial charge in [0.2, 0.25) is 0 Å². The van der Waals surface area contributed by atoms with Gasteiger partial charge in [-0.1, -0.05) is 42.5 Å². The number of pyridine rings is 1. The molecule has 0 bridgehead atoms. The van der Waals surface area contributed by atoms with Gasteiger partial charge >= 0.3 is 0 Å². The van der Waals surface area contributed by atoms with Crippen LogP contribution >= 0.6 is 15.9 Å². The quantitative estimate of drug-likeness (QED) is 0.509. The van der Waals surface area contributed by atoms with Gasteiger partial charge in [0.25, 0.3) is 0 Å². The molecule has 1 fully saturated rings. The topological polar surface area (TPSA) is 33.2 Å². The SMILES string of the molecule is CC(=O)c1c(N2CCCCC2)nc2c(Br)cccc2c1-c1ccccc1. The fraction of sp³-hybridized carbons (Fsp3) is 0.273. The number of para-hydroxylation sites is 1. The largest absolute Gasteiger partial charge is 0.356 e. The van der Waals surface area contributed by atoms with Crippen LogP contribution in [0.25, 0.3) is 22.0 Å². The molecule has 1 saturated heterocycles. The molecule has 0 radical (unpaired) electrons. The van der Waals surface area contributed by atoms with Crippen LogP contribution in [0.1, 0.15) is 36.5 Å². The molecule has 0 atom stereocenters. The second-order valence-electron chi connectivity index (χ2n) is 6.79. The fourth-order valence-corrected chi connectivity index (χ4v) is 4.27. The lowest BCUT2D eigenvalue weighted by molar-refractivity contribution is 0.101. The first-order chi connectivity index (χ1) is 12.7. The third kappa shape index (κ3) is 3.03. The number of hydrogen-bond acceptors (Lipinski definition) is 3. The standard InChI is InChI=1S/C22H21BrN2O/c1-15(26)19-20(16-9-4-2-5-10-16)17-11-8-12-18(23)21(17)24-22(19)25-13-6-3-7-14-25/h2,4-5,8-12H,3,6-7,13-14H2,1H3. The van der Waals surface area contributed by atoms with E-state index in [-0.39, 0.29) is 5.78 Å². The van der Waals surface area contributed by atoms with E-state index in [0.29, 0.717) is 0 Å². The molecule has 1 aromatic heterocycles. The number of halogens is 1. The van der Waals surface area contributed by atoms with Gasteiger partial charge in [-0.3, -0.25) is 4.79 Å². The minimum Gasteiger partial charge on any atom is -0.356 e. The lowest BCUT2D eigenvalue weighted by atomic mass is 9.93. The third-order valence-electron chi connectivity index (χ3n) is 5.02. The maximum atomic E-state index is 12.8. The monoisotopic (exact) mass is 408 g/mol. The molecule has 3 nitrogen and oxygen atoms in total. The Bertz CT molecular complexity index is 963. The number of aromatic nitrogens is 1. The van der Waals surface area contributed by atoms with Gasteiger partial charge in [-0.25, -0.2) is 4.98 Å². The number of nitrogens with zero attached hydrogens (tertiary/aromatic N) is 2. The summed E-state index contributed by atoms with van der Waals surface area (Å²) in [5.41, 5.74) is 3.70. The summed E-state index contributed by atoms with van der Waals surface area (Å²) in [6.07, 6.45) is 3.54. The number of hydrogen-bond donors (Lipinski definition) is 0. The summed E-state index contributed by atoms with van der Waals surface area (Å²) >= 11 is 3.66. The van der Waals surface area contributed by atoms with Gasteiger partial charge in [-0.15, -0.1) is 0 Å². The van der Waals surface area contributed by atoms with Crippen molar-refractivity contribution in [3.63, 3.8) is 0 Å². The average molecular weight is 409 g/mol. The van der Waals surface area contributed by atoms with Crippen LogP contribution in [0.4, 0.5) is 5.82 Å². The number of Topliss-reactive ketones (excluding diaryl/α,β-unsaturated/α-hetero) is 1. The highest BCUT2D eigenvalue weighted by atomic mass is 79.9. The predicted molar refractivity (Wildman–Crippen MR) is 111 cm³/mol. The highest BCUT2D eigenvalue weighted by Gasteiger charge is 2.25. The van der Waals surface area contributed by atoms with E-state index in [9.17, 15) is 4.79 Å². The smallest absolute Gasteiger partial charge is 0.164 e. The van der Waals surface area contributed by atoms with Crippen molar-refractivity contribution in [1.29, 1.82) is 0 Å². The number of benzene rings is 2. The molecule has 132 valence electrons. The number of anilines is 1. The Balaban J connectivity index is 2.09. The minimum absolute atomic E-state index is 0.0683. The molecule has 0 N–H and O–H groups in total. The Kier molecular flexibility index (Phi) is 4.77. The molecule has 0 spiro atoms. The predicted octanol–water partition coefficient (Wildman–Crippen LogP) is 5.86. The normalized spacial score (nSPS) is 14.6. The zero-order valence-corrected chi connectivity index (χ0v) is 16.4. The Morgan fingerprint density at radius 3 is 2.42 bits per heavy atom. The molecule has 0 aliphatic carbocycles. The summed E-state index contributed by atoms with van der Waals surface area (Å²) in [7, 11) is 0. The van der Waals surface area contributed by atoms with Crippen LogP contribution in [0.3, 0.4) is 0 Å². The summed E-state index contributed by atoms with van der Waals surface area (Å²) in [5.74, 6) is 0.897. The second kappa shape index (κ2) is 7.20.